The van der Waals surface area contributed by atoms with Crippen molar-refractivity contribution in [2.75, 3.05) is 11.5 Å². The standard InChI is InChI=1S/C32H34FNO8/c33-20-10-8-19(9-11-20)24(36)14-13-23-28(34(32(23)41)21-4-2-1-3-5-21)22-12-6-18(16-25(22)37)7-15-26-29(38)31(40)30(39)27(17-35)42-26/h1-12,15-16,23-24,26-31,35-40H,13-14,17H2/b15-7+/t23-,24+,26+,27?,28-,29?,30-,31?/m1/s1. The number of anilines is 1. The van der Waals surface area contributed by atoms with Gasteiger partial charge < -0.3 is 40.3 Å². The van der Waals surface area contributed by atoms with E-state index >= 15 is 0 Å². The lowest BCUT2D eigenvalue weighted by molar-refractivity contribution is -0.216. The number of phenols is 1. The van der Waals surface area contributed by atoms with Gasteiger partial charge in [-0.15, -0.1) is 0 Å². The van der Waals surface area contributed by atoms with Crippen LogP contribution in [0.5, 0.6) is 5.75 Å². The van der Waals surface area contributed by atoms with Crippen LogP contribution >= 0.6 is 0 Å². The summed E-state index contributed by atoms with van der Waals surface area (Å²) in [5, 5.41) is 61.5. The predicted octanol–water partition coefficient (Wildman–Crippen LogP) is 2.60. The van der Waals surface area contributed by atoms with E-state index < -0.39 is 61.0 Å². The molecule has 0 bridgehead atoms. The lowest BCUT2D eigenvalue weighted by Crippen LogP contribution is -2.57. The van der Waals surface area contributed by atoms with E-state index in [-0.39, 0.29) is 18.1 Å². The van der Waals surface area contributed by atoms with Gasteiger partial charge in [0.1, 0.15) is 42.1 Å². The molecule has 2 heterocycles. The minimum atomic E-state index is -1.50. The Bertz CT molecular complexity index is 1400. The molecule has 2 aliphatic heterocycles. The predicted molar refractivity (Wildman–Crippen MR) is 152 cm³/mol. The highest BCUT2D eigenvalue weighted by atomic mass is 19.1. The van der Waals surface area contributed by atoms with E-state index in [2.05, 4.69) is 0 Å². The van der Waals surface area contributed by atoms with E-state index in [1.807, 2.05) is 30.3 Å². The second-order valence-corrected chi connectivity index (χ2v) is 10.7. The van der Waals surface area contributed by atoms with Crippen LogP contribution in [0.15, 0.2) is 78.9 Å². The molecule has 0 radical (unpaired) electrons. The number of benzene rings is 3. The van der Waals surface area contributed by atoms with Gasteiger partial charge in [-0.05, 0) is 54.3 Å². The molecule has 0 spiro atoms. The number of halogens is 1. The van der Waals surface area contributed by atoms with Crippen molar-refractivity contribution in [1.29, 1.82) is 0 Å². The van der Waals surface area contributed by atoms with Gasteiger partial charge in [-0.3, -0.25) is 4.79 Å². The summed E-state index contributed by atoms with van der Waals surface area (Å²) in [5.74, 6) is -1.11. The van der Waals surface area contributed by atoms with Crippen molar-refractivity contribution in [2.45, 2.75) is 55.5 Å². The number of amides is 1. The lowest BCUT2D eigenvalue weighted by Gasteiger charge is -2.48. The Hall–Kier alpha value is -3.64. The average Bonchev–Trinajstić information content (AvgIpc) is 2.99. The Morgan fingerprint density at radius 2 is 1.67 bits per heavy atom. The van der Waals surface area contributed by atoms with Gasteiger partial charge in [-0.1, -0.05) is 54.6 Å². The first-order valence-electron chi connectivity index (χ1n) is 13.8. The van der Waals surface area contributed by atoms with Crippen molar-refractivity contribution in [3.63, 3.8) is 0 Å². The van der Waals surface area contributed by atoms with Gasteiger partial charge in [-0.2, -0.15) is 0 Å². The SMILES string of the molecule is O=C1[C@H](CC[C@H](O)c2ccc(F)cc2)[C@@H](c2ccc(/C=C/[C@@H]3OC(CO)[C@@H](O)C(O)C3O)cc2O)N1c1ccccc1. The van der Waals surface area contributed by atoms with E-state index in [0.717, 1.165) is 0 Å². The summed E-state index contributed by atoms with van der Waals surface area (Å²) in [7, 11) is 0. The number of hydrogen-bond donors (Lipinski definition) is 6. The number of aliphatic hydroxyl groups excluding tert-OH is 5. The molecule has 2 fully saturated rings. The third kappa shape index (κ3) is 5.96. The number of carbonyl (C=O) groups excluding carboxylic acids is 1. The number of β-lactam (4-membered cyclic amide) rings is 1. The number of hydrogen-bond acceptors (Lipinski definition) is 8. The first kappa shape index (κ1) is 29.8. The number of rotatable bonds is 9. The minimum Gasteiger partial charge on any atom is -0.508 e. The number of aliphatic hydroxyl groups is 5. The number of ether oxygens (including phenoxy) is 1. The van der Waals surface area contributed by atoms with E-state index in [1.165, 1.54) is 36.4 Å². The average molecular weight is 580 g/mol. The van der Waals surface area contributed by atoms with Crippen molar-refractivity contribution in [3.8, 4) is 5.75 Å². The smallest absolute Gasteiger partial charge is 0.233 e. The van der Waals surface area contributed by atoms with E-state index in [4.69, 9.17) is 4.74 Å². The van der Waals surface area contributed by atoms with Gasteiger partial charge >= 0.3 is 0 Å². The van der Waals surface area contributed by atoms with E-state index in [0.29, 0.717) is 28.8 Å². The molecule has 0 saturated carbocycles. The summed E-state index contributed by atoms with van der Waals surface area (Å²) in [4.78, 5) is 15.0. The Morgan fingerprint density at radius 3 is 2.33 bits per heavy atom. The molecule has 3 unspecified atom stereocenters. The molecule has 1 amide bonds. The normalized spacial score (nSPS) is 28.6. The lowest BCUT2D eigenvalue weighted by atomic mass is 9.77. The van der Waals surface area contributed by atoms with Crippen LogP contribution in [0.25, 0.3) is 6.08 Å². The maximum atomic E-state index is 13.3. The number of aromatic hydroxyl groups is 1. The van der Waals surface area contributed by atoms with Gasteiger partial charge in [0.05, 0.1) is 24.7 Å². The quantitative estimate of drug-likeness (QED) is 0.212. The molecule has 3 aromatic carbocycles. The zero-order chi connectivity index (χ0) is 30.0. The van der Waals surface area contributed by atoms with Gasteiger partial charge in [0.25, 0.3) is 0 Å². The molecule has 0 aliphatic carbocycles. The maximum Gasteiger partial charge on any atom is 0.233 e. The molecule has 3 aromatic rings. The molecule has 42 heavy (non-hydrogen) atoms. The highest BCUT2D eigenvalue weighted by Crippen LogP contribution is 2.48. The molecular formula is C32H34FNO8. The maximum absolute atomic E-state index is 13.3. The molecule has 8 atom stereocenters. The van der Waals surface area contributed by atoms with Crippen molar-refractivity contribution in [1.82, 2.24) is 0 Å². The van der Waals surface area contributed by atoms with Crippen molar-refractivity contribution >= 4 is 17.7 Å². The van der Waals surface area contributed by atoms with Gasteiger partial charge in [0, 0.05) is 11.3 Å². The summed E-state index contributed by atoms with van der Waals surface area (Å²) in [6, 6.07) is 19.1. The van der Waals surface area contributed by atoms with Crippen LogP contribution in [0.1, 0.15) is 41.7 Å². The Labute approximate surface area is 242 Å². The Balaban J connectivity index is 1.35. The van der Waals surface area contributed by atoms with Crippen LogP contribution in [-0.2, 0) is 9.53 Å². The highest BCUT2D eigenvalue weighted by Gasteiger charge is 2.49. The van der Waals surface area contributed by atoms with Gasteiger partial charge in [0.2, 0.25) is 5.91 Å². The van der Waals surface area contributed by atoms with Crippen molar-refractivity contribution < 1.29 is 44.6 Å². The van der Waals surface area contributed by atoms with E-state index in [1.54, 1.807) is 23.1 Å². The zero-order valence-corrected chi connectivity index (χ0v) is 22.6. The summed E-state index contributed by atoms with van der Waals surface area (Å²) in [6.45, 7) is -0.537. The number of phenolic OH excluding ortho intramolecular Hbond substituents is 1. The topological polar surface area (TPSA) is 151 Å². The fraction of sp³-hybridized carbons (Fsp3) is 0.344. The summed E-state index contributed by atoms with van der Waals surface area (Å²) in [5.41, 5.74) is 2.30. The molecule has 0 aromatic heterocycles. The third-order valence-electron chi connectivity index (χ3n) is 8.03. The van der Waals surface area contributed by atoms with E-state index in [9.17, 15) is 39.8 Å². The second-order valence-electron chi connectivity index (χ2n) is 10.7. The number of carbonyl (C=O) groups is 1. The molecule has 6 N–H and O–H groups in total. The fourth-order valence-electron chi connectivity index (χ4n) is 5.66. The number of para-hydroxylation sites is 1. The number of nitrogens with zero attached hydrogens (tertiary/aromatic N) is 1. The van der Waals surface area contributed by atoms with Crippen LogP contribution in [-0.4, -0.2) is 73.7 Å². The van der Waals surface area contributed by atoms with Gasteiger partial charge in [0.15, 0.2) is 0 Å². The highest BCUT2D eigenvalue weighted by molar-refractivity contribution is 6.03. The Morgan fingerprint density at radius 1 is 0.952 bits per heavy atom. The van der Waals surface area contributed by atoms with Crippen LogP contribution in [0.4, 0.5) is 10.1 Å². The monoisotopic (exact) mass is 579 g/mol. The largest absolute Gasteiger partial charge is 0.508 e. The molecule has 2 saturated heterocycles. The van der Waals surface area contributed by atoms with Crippen molar-refractivity contribution in [3.05, 3.63) is 101 Å². The Kier molecular flexibility index (Phi) is 9.02. The molecule has 2 aliphatic rings. The molecule has 5 rings (SSSR count). The molecule has 222 valence electrons. The van der Waals surface area contributed by atoms with Crippen molar-refractivity contribution in [2.24, 2.45) is 5.92 Å². The summed E-state index contributed by atoms with van der Waals surface area (Å²) in [6.07, 6.45) is -3.64. The molecular weight excluding hydrogens is 545 g/mol. The fourth-order valence-corrected chi connectivity index (χ4v) is 5.66. The zero-order valence-electron chi connectivity index (χ0n) is 22.6. The van der Waals surface area contributed by atoms with Crippen LogP contribution in [0.2, 0.25) is 0 Å². The van der Waals surface area contributed by atoms with Crippen LogP contribution < -0.4 is 4.90 Å². The minimum absolute atomic E-state index is 0.0616. The third-order valence-corrected chi connectivity index (χ3v) is 8.03. The first-order valence-corrected chi connectivity index (χ1v) is 13.8. The second kappa shape index (κ2) is 12.7. The summed E-state index contributed by atoms with van der Waals surface area (Å²) < 4.78 is 18.8. The molecule has 9 nitrogen and oxygen atoms in total. The molecule has 10 heteroatoms. The first-order chi connectivity index (χ1) is 20.2. The van der Waals surface area contributed by atoms with Gasteiger partial charge in [-0.25, -0.2) is 4.39 Å². The van der Waals surface area contributed by atoms with Crippen LogP contribution in [0, 0.1) is 11.7 Å². The summed E-state index contributed by atoms with van der Waals surface area (Å²) >= 11 is 0. The van der Waals surface area contributed by atoms with Crippen LogP contribution in [0.3, 0.4) is 0 Å².